The third-order valence-corrected chi connectivity index (χ3v) is 4.29. The maximum atomic E-state index is 5.42. The molecule has 0 bridgehead atoms. The zero-order valence-corrected chi connectivity index (χ0v) is 13.5. The van der Waals surface area contributed by atoms with Crippen molar-refractivity contribution in [3.05, 3.63) is 23.8 Å². The summed E-state index contributed by atoms with van der Waals surface area (Å²) in [5.74, 6) is 2.62. The van der Waals surface area contributed by atoms with E-state index in [0.717, 1.165) is 37.1 Å². The molecule has 0 unspecified atom stereocenters. The van der Waals surface area contributed by atoms with Crippen molar-refractivity contribution in [2.45, 2.75) is 26.3 Å². The van der Waals surface area contributed by atoms with Crippen molar-refractivity contribution in [2.24, 2.45) is 5.92 Å². The number of methoxy groups -OCH3 is 2. The highest BCUT2D eigenvalue weighted by atomic mass is 16.5. The first kappa shape index (κ1) is 16.1. The van der Waals surface area contributed by atoms with Crippen LogP contribution in [0.15, 0.2) is 18.2 Å². The Morgan fingerprint density at radius 2 is 1.95 bits per heavy atom. The monoisotopic (exact) mass is 292 g/mol. The van der Waals surface area contributed by atoms with Crippen LogP contribution in [0, 0.1) is 5.92 Å². The molecule has 1 N–H and O–H groups in total. The lowest BCUT2D eigenvalue weighted by molar-refractivity contribution is 0.193. The molecule has 1 fully saturated rings. The van der Waals surface area contributed by atoms with Gasteiger partial charge in [-0.3, -0.25) is 0 Å². The standard InChI is InChI=1S/C17H28N2O2/c1-14-6-9-19(10-7-14)11-8-18-13-15-4-5-16(20-2)12-17(15)21-3/h4-5,12,14,18H,6-11,13H2,1-3H3. The largest absolute Gasteiger partial charge is 0.497 e. The number of hydrogen-bond acceptors (Lipinski definition) is 4. The minimum atomic E-state index is 0.831. The number of rotatable bonds is 7. The lowest BCUT2D eigenvalue weighted by Gasteiger charge is -2.30. The number of ether oxygens (including phenoxy) is 2. The van der Waals surface area contributed by atoms with Crippen LogP contribution in [0.5, 0.6) is 11.5 Å². The average molecular weight is 292 g/mol. The van der Waals surface area contributed by atoms with Crippen molar-refractivity contribution in [3.8, 4) is 11.5 Å². The highest BCUT2D eigenvalue weighted by Crippen LogP contribution is 2.24. The summed E-state index contributed by atoms with van der Waals surface area (Å²) >= 11 is 0. The van der Waals surface area contributed by atoms with E-state index in [0.29, 0.717) is 0 Å². The smallest absolute Gasteiger partial charge is 0.127 e. The molecule has 4 heteroatoms. The summed E-state index contributed by atoms with van der Waals surface area (Å²) in [5.41, 5.74) is 1.17. The molecule has 4 nitrogen and oxygen atoms in total. The number of nitrogens with zero attached hydrogens (tertiary/aromatic N) is 1. The molecule has 1 aliphatic heterocycles. The van der Waals surface area contributed by atoms with Gasteiger partial charge in [0.05, 0.1) is 14.2 Å². The Bertz CT molecular complexity index is 429. The predicted octanol–water partition coefficient (Wildman–Crippen LogP) is 2.53. The molecule has 21 heavy (non-hydrogen) atoms. The Morgan fingerprint density at radius 1 is 1.19 bits per heavy atom. The maximum Gasteiger partial charge on any atom is 0.127 e. The van der Waals surface area contributed by atoms with Crippen molar-refractivity contribution in [3.63, 3.8) is 0 Å². The van der Waals surface area contributed by atoms with Crippen molar-refractivity contribution in [1.82, 2.24) is 10.2 Å². The molecule has 0 atom stereocenters. The van der Waals surface area contributed by atoms with E-state index in [9.17, 15) is 0 Å². The minimum Gasteiger partial charge on any atom is -0.497 e. The fraction of sp³-hybridized carbons (Fsp3) is 0.647. The molecule has 118 valence electrons. The summed E-state index contributed by atoms with van der Waals surface area (Å²) < 4.78 is 10.6. The van der Waals surface area contributed by atoms with E-state index in [-0.39, 0.29) is 0 Å². The number of piperidine rings is 1. The van der Waals surface area contributed by atoms with Gasteiger partial charge >= 0.3 is 0 Å². The number of benzene rings is 1. The molecule has 0 aromatic heterocycles. The first-order valence-corrected chi connectivity index (χ1v) is 7.87. The Kier molecular flexibility index (Phi) is 6.33. The number of hydrogen-bond donors (Lipinski definition) is 1. The van der Waals surface area contributed by atoms with Gasteiger partial charge in [0.2, 0.25) is 0 Å². The van der Waals surface area contributed by atoms with E-state index >= 15 is 0 Å². The van der Waals surface area contributed by atoms with E-state index in [1.807, 2.05) is 12.1 Å². The zero-order valence-electron chi connectivity index (χ0n) is 13.5. The van der Waals surface area contributed by atoms with Gasteiger partial charge in [0.15, 0.2) is 0 Å². The third-order valence-electron chi connectivity index (χ3n) is 4.29. The Hall–Kier alpha value is -1.26. The molecule has 0 amide bonds. The lowest BCUT2D eigenvalue weighted by atomic mass is 9.99. The lowest BCUT2D eigenvalue weighted by Crippen LogP contribution is -2.37. The molecule has 1 aromatic carbocycles. The van der Waals surface area contributed by atoms with Gasteiger partial charge in [-0.15, -0.1) is 0 Å². The van der Waals surface area contributed by atoms with E-state index in [2.05, 4.69) is 23.2 Å². The van der Waals surface area contributed by atoms with Crippen LogP contribution < -0.4 is 14.8 Å². The minimum absolute atomic E-state index is 0.831. The normalized spacial score (nSPS) is 16.9. The van der Waals surface area contributed by atoms with Gasteiger partial charge in [-0.2, -0.15) is 0 Å². The van der Waals surface area contributed by atoms with E-state index in [1.165, 1.54) is 31.5 Å². The Morgan fingerprint density at radius 3 is 2.62 bits per heavy atom. The van der Waals surface area contributed by atoms with Crippen LogP contribution in [0.25, 0.3) is 0 Å². The van der Waals surface area contributed by atoms with Gasteiger partial charge in [-0.25, -0.2) is 0 Å². The maximum absolute atomic E-state index is 5.42. The molecule has 1 saturated heterocycles. The molecule has 0 radical (unpaired) electrons. The second-order valence-corrected chi connectivity index (χ2v) is 5.88. The van der Waals surface area contributed by atoms with Crippen LogP contribution in [-0.2, 0) is 6.54 Å². The van der Waals surface area contributed by atoms with Crippen molar-refractivity contribution < 1.29 is 9.47 Å². The molecule has 0 spiro atoms. The van der Waals surface area contributed by atoms with Gasteiger partial charge in [0, 0.05) is 31.3 Å². The number of likely N-dealkylation sites (tertiary alicyclic amines) is 1. The highest BCUT2D eigenvalue weighted by molar-refractivity contribution is 5.40. The summed E-state index contributed by atoms with van der Waals surface area (Å²) in [5, 5.41) is 3.51. The summed E-state index contributed by atoms with van der Waals surface area (Å²) in [7, 11) is 3.37. The highest BCUT2D eigenvalue weighted by Gasteiger charge is 2.14. The van der Waals surface area contributed by atoms with Crippen LogP contribution in [0.2, 0.25) is 0 Å². The summed E-state index contributed by atoms with van der Waals surface area (Å²) in [6.07, 6.45) is 2.68. The average Bonchev–Trinajstić information content (AvgIpc) is 2.53. The molecule has 1 heterocycles. The second-order valence-electron chi connectivity index (χ2n) is 5.88. The quantitative estimate of drug-likeness (QED) is 0.783. The first-order valence-electron chi connectivity index (χ1n) is 7.87. The summed E-state index contributed by atoms with van der Waals surface area (Å²) in [4.78, 5) is 2.55. The van der Waals surface area contributed by atoms with Crippen molar-refractivity contribution in [1.29, 1.82) is 0 Å². The molecule has 0 saturated carbocycles. The van der Waals surface area contributed by atoms with E-state index < -0.39 is 0 Å². The first-order chi connectivity index (χ1) is 10.2. The molecule has 1 aliphatic rings. The summed E-state index contributed by atoms with van der Waals surface area (Å²) in [6.45, 7) is 7.82. The van der Waals surface area contributed by atoms with Crippen LogP contribution in [-0.4, -0.2) is 45.3 Å². The Balaban J connectivity index is 1.73. The number of nitrogens with one attached hydrogen (secondary N) is 1. The van der Waals surface area contributed by atoms with Crippen LogP contribution >= 0.6 is 0 Å². The summed E-state index contributed by atoms with van der Waals surface area (Å²) in [6, 6.07) is 5.97. The van der Waals surface area contributed by atoms with Crippen LogP contribution in [0.1, 0.15) is 25.3 Å². The SMILES string of the molecule is COc1ccc(CNCCN2CCC(C)CC2)c(OC)c1. The molecular weight excluding hydrogens is 264 g/mol. The van der Waals surface area contributed by atoms with Crippen LogP contribution in [0.4, 0.5) is 0 Å². The zero-order chi connectivity index (χ0) is 15.1. The molecule has 0 aliphatic carbocycles. The van der Waals surface area contributed by atoms with Crippen molar-refractivity contribution >= 4 is 0 Å². The fourth-order valence-corrected chi connectivity index (χ4v) is 2.74. The van der Waals surface area contributed by atoms with Gasteiger partial charge < -0.3 is 19.7 Å². The van der Waals surface area contributed by atoms with Gasteiger partial charge in [-0.05, 0) is 37.9 Å². The van der Waals surface area contributed by atoms with Gasteiger partial charge in [-0.1, -0.05) is 13.0 Å². The van der Waals surface area contributed by atoms with Gasteiger partial charge in [0.25, 0.3) is 0 Å². The topological polar surface area (TPSA) is 33.7 Å². The van der Waals surface area contributed by atoms with Crippen LogP contribution in [0.3, 0.4) is 0 Å². The predicted molar refractivity (Wildman–Crippen MR) is 86.1 cm³/mol. The molecule has 1 aromatic rings. The van der Waals surface area contributed by atoms with E-state index in [4.69, 9.17) is 9.47 Å². The van der Waals surface area contributed by atoms with E-state index in [1.54, 1.807) is 14.2 Å². The molecule has 2 rings (SSSR count). The third kappa shape index (κ3) is 4.90. The second kappa shape index (κ2) is 8.25. The Labute approximate surface area is 128 Å². The molecular formula is C17H28N2O2. The fourth-order valence-electron chi connectivity index (χ4n) is 2.74. The van der Waals surface area contributed by atoms with Crippen molar-refractivity contribution in [2.75, 3.05) is 40.4 Å². The van der Waals surface area contributed by atoms with Gasteiger partial charge in [0.1, 0.15) is 11.5 Å².